The molecule has 0 saturated carbocycles. The van der Waals surface area contributed by atoms with Gasteiger partial charge in [-0.3, -0.25) is 14.8 Å². The number of nitrogens with zero attached hydrogens (tertiary/aromatic N) is 1. The molecule has 0 aliphatic rings. The average Bonchev–Trinajstić information content (AvgIpc) is 3.20. The Morgan fingerprint density at radius 2 is 2.09 bits per heavy atom. The van der Waals surface area contributed by atoms with Crippen molar-refractivity contribution in [1.82, 2.24) is 15.8 Å². The first-order chi connectivity index (χ1) is 11.1. The summed E-state index contributed by atoms with van der Waals surface area (Å²) >= 11 is 1.09. The number of hydrogen-bond donors (Lipinski definition) is 3. The van der Waals surface area contributed by atoms with Gasteiger partial charge in [0.15, 0.2) is 5.76 Å². The van der Waals surface area contributed by atoms with Crippen molar-refractivity contribution in [3.8, 4) is 0 Å². The number of hydroxylamine groups is 1. The zero-order chi connectivity index (χ0) is 16.4. The molecule has 1 aromatic carbocycles. The van der Waals surface area contributed by atoms with Crippen molar-refractivity contribution in [3.05, 3.63) is 52.2 Å². The van der Waals surface area contributed by atoms with Crippen LogP contribution in [-0.2, 0) is 0 Å². The molecule has 0 bridgehead atoms. The van der Waals surface area contributed by atoms with E-state index in [-0.39, 0.29) is 16.5 Å². The Kier molecular flexibility index (Phi) is 4.09. The van der Waals surface area contributed by atoms with E-state index >= 15 is 0 Å². The van der Waals surface area contributed by atoms with Crippen LogP contribution < -0.4 is 10.8 Å². The fourth-order valence-electron chi connectivity index (χ4n) is 2.07. The molecule has 0 saturated heterocycles. The molecule has 2 aromatic heterocycles. The van der Waals surface area contributed by atoms with Gasteiger partial charge in [0.05, 0.1) is 12.2 Å². The summed E-state index contributed by atoms with van der Waals surface area (Å²) in [5, 5.41) is 12.8. The van der Waals surface area contributed by atoms with Gasteiger partial charge in [0.25, 0.3) is 11.8 Å². The molecule has 0 fully saturated rings. The van der Waals surface area contributed by atoms with Crippen LogP contribution >= 0.6 is 11.3 Å². The number of furan rings is 1. The molecule has 0 aliphatic carbocycles. The highest BCUT2D eigenvalue weighted by atomic mass is 32.1. The summed E-state index contributed by atoms with van der Waals surface area (Å²) in [6.07, 6.45) is 1.34. The molecule has 0 aliphatic heterocycles. The van der Waals surface area contributed by atoms with Crippen molar-refractivity contribution in [2.45, 2.75) is 13.0 Å². The van der Waals surface area contributed by atoms with Crippen LogP contribution in [-0.4, -0.2) is 22.0 Å². The largest absolute Gasteiger partial charge is 0.451 e. The van der Waals surface area contributed by atoms with E-state index in [2.05, 4.69) is 10.3 Å². The molecule has 3 aromatic rings. The summed E-state index contributed by atoms with van der Waals surface area (Å²) in [6.45, 7) is 1.75. The quantitative estimate of drug-likeness (QED) is 0.503. The maximum Gasteiger partial charge on any atom is 0.287 e. The van der Waals surface area contributed by atoms with E-state index in [0.717, 1.165) is 16.7 Å². The molecule has 2 amide bonds. The number of carbonyl (C=O) groups excluding carboxylic acids is 2. The summed E-state index contributed by atoms with van der Waals surface area (Å²) < 4.78 is 5.50. The van der Waals surface area contributed by atoms with Gasteiger partial charge < -0.3 is 9.73 Å². The number of rotatable bonds is 4. The summed E-state index contributed by atoms with van der Waals surface area (Å²) in [5.41, 5.74) is 2.18. The van der Waals surface area contributed by atoms with E-state index in [4.69, 9.17) is 9.62 Å². The fraction of sp³-hybridized carbons (Fsp3) is 0.133. The molecule has 1 atom stereocenters. The Morgan fingerprint density at radius 1 is 1.30 bits per heavy atom. The second-order valence-corrected chi connectivity index (χ2v) is 5.91. The second kappa shape index (κ2) is 6.19. The van der Waals surface area contributed by atoms with Gasteiger partial charge in [0.1, 0.15) is 15.5 Å². The predicted octanol–water partition coefficient (Wildman–Crippen LogP) is 2.50. The normalized spacial score (nSPS) is 12.1. The van der Waals surface area contributed by atoms with Gasteiger partial charge in [-0.1, -0.05) is 18.2 Å². The number of fused-ring (bicyclic) bond motifs is 1. The van der Waals surface area contributed by atoms with Gasteiger partial charge in [-0.05, 0) is 19.1 Å². The third-order valence-electron chi connectivity index (χ3n) is 3.22. The highest BCUT2D eigenvalue weighted by Gasteiger charge is 2.19. The number of carbonyl (C=O) groups is 2. The lowest BCUT2D eigenvalue weighted by atomic mass is 10.2. The Hall–Kier alpha value is -2.71. The monoisotopic (exact) mass is 331 g/mol. The third kappa shape index (κ3) is 3.08. The van der Waals surface area contributed by atoms with Gasteiger partial charge in [0.2, 0.25) is 0 Å². The molecule has 0 radical (unpaired) electrons. The van der Waals surface area contributed by atoms with Crippen LogP contribution in [0.15, 0.2) is 40.9 Å². The number of aromatic nitrogens is 1. The van der Waals surface area contributed by atoms with Gasteiger partial charge in [-0.2, -0.15) is 0 Å². The molecular formula is C15H13N3O4S. The van der Waals surface area contributed by atoms with Gasteiger partial charge >= 0.3 is 0 Å². The second-order valence-electron chi connectivity index (χ2n) is 4.85. The minimum atomic E-state index is -0.635. The Balaban J connectivity index is 1.74. The smallest absolute Gasteiger partial charge is 0.287 e. The number of thiazole rings is 1. The van der Waals surface area contributed by atoms with Gasteiger partial charge in [0, 0.05) is 5.39 Å². The van der Waals surface area contributed by atoms with Crippen LogP contribution in [0.3, 0.4) is 0 Å². The van der Waals surface area contributed by atoms with E-state index < -0.39 is 11.9 Å². The summed E-state index contributed by atoms with van der Waals surface area (Å²) in [6, 6.07) is 8.62. The Morgan fingerprint density at radius 3 is 2.83 bits per heavy atom. The minimum absolute atomic E-state index is 0.211. The highest BCUT2D eigenvalue weighted by molar-refractivity contribution is 7.13. The van der Waals surface area contributed by atoms with E-state index in [0.29, 0.717) is 10.6 Å². The van der Waals surface area contributed by atoms with Crippen LogP contribution in [0.2, 0.25) is 0 Å². The topological polar surface area (TPSA) is 104 Å². The van der Waals surface area contributed by atoms with Crippen LogP contribution in [0.4, 0.5) is 0 Å². The molecule has 3 rings (SSSR count). The van der Waals surface area contributed by atoms with Gasteiger partial charge in [-0.15, -0.1) is 11.3 Å². The Bertz CT molecular complexity index is 837. The predicted molar refractivity (Wildman–Crippen MR) is 83.5 cm³/mol. The van der Waals surface area contributed by atoms with Crippen molar-refractivity contribution in [2.75, 3.05) is 0 Å². The third-order valence-corrected chi connectivity index (χ3v) is 4.40. The number of para-hydroxylation sites is 1. The van der Waals surface area contributed by atoms with Crippen LogP contribution in [0.1, 0.15) is 38.2 Å². The molecule has 23 heavy (non-hydrogen) atoms. The SMILES string of the molecule is C[C@@H](NC(=O)c1cc2ccccc2o1)c1ncc(C(=O)NO)s1. The average molecular weight is 331 g/mol. The van der Waals surface area contributed by atoms with Crippen molar-refractivity contribution in [3.63, 3.8) is 0 Å². The first kappa shape index (κ1) is 15.2. The standard InChI is InChI=1S/C15H13N3O4S/c1-8(15-16-7-12(23-15)14(20)18-21)17-13(19)11-6-9-4-2-3-5-10(9)22-11/h2-8,21H,1H3,(H,17,19)(H,18,20)/t8-/m1/s1. The van der Waals surface area contributed by atoms with Crippen LogP contribution in [0.5, 0.6) is 0 Å². The molecule has 8 heteroatoms. The number of amides is 2. The molecule has 2 heterocycles. The molecule has 118 valence electrons. The number of hydrogen-bond acceptors (Lipinski definition) is 6. The fourth-order valence-corrected chi connectivity index (χ4v) is 2.88. The summed E-state index contributed by atoms with van der Waals surface area (Å²) in [7, 11) is 0. The van der Waals surface area contributed by atoms with Gasteiger partial charge in [-0.25, -0.2) is 10.5 Å². The highest BCUT2D eigenvalue weighted by Crippen LogP contribution is 2.22. The van der Waals surface area contributed by atoms with E-state index in [9.17, 15) is 9.59 Å². The van der Waals surface area contributed by atoms with E-state index in [1.165, 1.54) is 6.20 Å². The molecule has 3 N–H and O–H groups in total. The molecule has 7 nitrogen and oxygen atoms in total. The first-order valence-electron chi connectivity index (χ1n) is 6.78. The van der Waals surface area contributed by atoms with E-state index in [1.807, 2.05) is 18.2 Å². The zero-order valence-electron chi connectivity index (χ0n) is 12.1. The maximum absolute atomic E-state index is 12.2. The number of nitrogens with one attached hydrogen (secondary N) is 2. The van der Waals surface area contributed by atoms with Crippen LogP contribution in [0.25, 0.3) is 11.0 Å². The zero-order valence-corrected chi connectivity index (χ0v) is 12.9. The summed E-state index contributed by atoms with van der Waals surface area (Å²) in [4.78, 5) is 27.9. The van der Waals surface area contributed by atoms with Crippen molar-refractivity contribution < 1.29 is 19.2 Å². The minimum Gasteiger partial charge on any atom is -0.451 e. The Labute approximate surface area is 134 Å². The molecular weight excluding hydrogens is 318 g/mol. The van der Waals surface area contributed by atoms with Crippen molar-refractivity contribution >= 4 is 34.1 Å². The van der Waals surface area contributed by atoms with Crippen molar-refractivity contribution in [1.29, 1.82) is 0 Å². The lowest BCUT2D eigenvalue weighted by Gasteiger charge is -2.09. The lowest BCUT2D eigenvalue weighted by Crippen LogP contribution is -2.26. The lowest BCUT2D eigenvalue weighted by molar-refractivity contribution is 0.0710. The molecule has 0 unspecified atom stereocenters. The van der Waals surface area contributed by atoms with Crippen LogP contribution in [0, 0.1) is 0 Å². The summed E-state index contributed by atoms with van der Waals surface area (Å²) in [5.74, 6) is -0.787. The van der Waals surface area contributed by atoms with E-state index in [1.54, 1.807) is 24.5 Å². The number of benzene rings is 1. The molecule has 0 spiro atoms. The first-order valence-corrected chi connectivity index (χ1v) is 7.59. The maximum atomic E-state index is 12.2. The van der Waals surface area contributed by atoms with Crippen molar-refractivity contribution in [2.24, 2.45) is 0 Å².